The highest BCUT2D eigenvalue weighted by molar-refractivity contribution is 6.33. The number of nitrogens with zero attached hydrogens (tertiary/aromatic N) is 1. The molecule has 0 heterocycles. The van der Waals surface area contributed by atoms with Gasteiger partial charge in [0.25, 0.3) is 5.91 Å². The first kappa shape index (κ1) is 27.9. The Hall–Kier alpha value is -3.64. The summed E-state index contributed by atoms with van der Waals surface area (Å²) in [6.07, 6.45) is 2.50. The Morgan fingerprint density at radius 3 is 2.30 bits per heavy atom. The van der Waals surface area contributed by atoms with Gasteiger partial charge < -0.3 is 9.47 Å². The minimum atomic E-state index is -0.559. The number of benzene rings is 3. The molecule has 0 atom stereocenters. The second-order valence-corrected chi connectivity index (χ2v) is 11.1. The number of nitrogens with one attached hydrogen (secondary N) is 1. The van der Waals surface area contributed by atoms with E-state index in [0.717, 1.165) is 6.42 Å². The Morgan fingerprint density at radius 2 is 1.62 bits per heavy atom. The van der Waals surface area contributed by atoms with Crippen molar-refractivity contribution in [3.63, 3.8) is 0 Å². The monoisotopic (exact) mass is 520 g/mol. The third-order valence-electron chi connectivity index (χ3n) is 5.54. The fraction of sp³-hybridized carbons (Fsp3) is 0.300. The van der Waals surface area contributed by atoms with E-state index in [1.807, 2.05) is 24.3 Å². The number of ether oxygens (including phenoxy) is 2. The van der Waals surface area contributed by atoms with Crippen LogP contribution in [0.1, 0.15) is 62.5 Å². The van der Waals surface area contributed by atoms with Crippen LogP contribution in [0.4, 0.5) is 0 Å². The van der Waals surface area contributed by atoms with E-state index in [4.69, 9.17) is 21.1 Å². The van der Waals surface area contributed by atoms with Gasteiger partial charge in [-0.05, 0) is 64.8 Å². The topological polar surface area (TPSA) is 77.0 Å². The van der Waals surface area contributed by atoms with Crippen molar-refractivity contribution < 1.29 is 19.1 Å². The Balaban J connectivity index is 1.49. The second-order valence-electron chi connectivity index (χ2n) is 10.7. The number of carbonyl (C=O) groups is 2. The molecule has 3 rings (SSSR count). The van der Waals surface area contributed by atoms with Crippen molar-refractivity contribution in [2.24, 2.45) is 10.5 Å². The molecule has 0 aliphatic rings. The van der Waals surface area contributed by atoms with Crippen molar-refractivity contribution in [1.82, 2.24) is 5.43 Å². The predicted octanol–water partition coefficient (Wildman–Crippen LogP) is 6.80. The SMILES string of the molecule is CC(C)(C)CC(C)(C)c1ccc(OCC(=O)N/N=C\c2cccc(OC(=O)c3ccccc3Cl)c2)cc1. The fourth-order valence-electron chi connectivity index (χ4n) is 4.24. The summed E-state index contributed by atoms with van der Waals surface area (Å²) in [4.78, 5) is 24.5. The average molecular weight is 521 g/mol. The molecule has 6 nitrogen and oxygen atoms in total. The molecule has 1 amide bonds. The van der Waals surface area contributed by atoms with E-state index in [1.165, 1.54) is 11.8 Å². The van der Waals surface area contributed by atoms with Crippen LogP contribution in [0.5, 0.6) is 11.5 Å². The van der Waals surface area contributed by atoms with Crippen LogP contribution in [0, 0.1) is 5.41 Å². The van der Waals surface area contributed by atoms with E-state index in [0.29, 0.717) is 22.1 Å². The highest BCUT2D eigenvalue weighted by Gasteiger charge is 2.27. The average Bonchev–Trinajstić information content (AvgIpc) is 2.82. The highest BCUT2D eigenvalue weighted by atomic mass is 35.5. The maximum atomic E-state index is 12.3. The molecule has 37 heavy (non-hydrogen) atoms. The third-order valence-corrected chi connectivity index (χ3v) is 5.87. The first-order chi connectivity index (χ1) is 17.4. The van der Waals surface area contributed by atoms with Crippen LogP contribution in [-0.2, 0) is 10.2 Å². The van der Waals surface area contributed by atoms with E-state index >= 15 is 0 Å². The summed E-state index contributed by atoms with van der Waals surface area (Å²) in [5.41, 5.74) is 4.83. The Bertz CT molecular complexity index is 1260. The minimum absolute atomic E-state index is 0.0348. The lowest BCUT2D eigenvalue weighted by molar-refractivity contribution is -0.123. The fourth-order valence-corrected chi connectivity index (χ4v) is 4.45. The molecule has 7 heteroatoms. The minimum Gasteiger partial charge on any atom is -0.484 e. The number of hydrazone groups is 1. The smallest absolute Gasteiger partial charge is 0.345 e. The predicted molar refractivity (Wildman–Crippen MR) is 148 cm³/mol. The Morgan fingerprint density at radius 1 is 0.919 bits per heavy atom. The highest BCUT2D eigenvalue weighted by Crippen LogP contribution is 2.36. The van der Waals surface area contributed by atoms with Crippen molar-refractivity contribution in [3.8, 4) is 11.5 Å². The molecule has 0 bridgehead atoms. The standard InChI is InChI=1S/C30H33ClN2O4/c1-29(2,3)20-30(4,5)22-13-15-23(16-14-22)36-19-27(34)33-32-18-21-9-8-10-24(17-21)37-28(35)25-11-6-7-12-26(25)31/h6-18H,19-20H2,1-5H3,(H,33,34)/b32-18-. The summed E-state index contributed by atoms with van der Waals surface area (Å²) in [7, 11) is 0. The number of amides is 1. The molecular weight excluding hydrogens is 488 g/mol. The zero-order valence-electron chi connectivity index (χ0n) is 21.9. The van der Waals surface area contributed by atoms with Crippen LogP contribution in [0.25, 0.3) is 0 Å². The molecule has 0 unspecified atom stereocenters. The molecule has 0 aliphatic heterocycles. The van der Waals surface area contributed by atoms with Gasteiger partial charge in [-0.3, -0.25) is 4.79 Å². The summed E-state index contributed by atoms with van der Waals surface area (Å²) < 4.78 is 11.0. The van der Waals surface area contributed by atoms with E-state index < -0.39 is 11.9 Å². The molecule has 3 aromatic carbocycles. The molecule has 3 aromatic rings. The number of hydrogen-bond donors (Lipinski definition) is 1. The quantitative estimate of drug-likeness (QED) is 0.146. The summed E-state index contributed by atoms with van der Waals surface area (Å²) >= 11 is 6.05. The second kappa shape index (κ2) is 12.1. The molecule has 0 aliphatic carbocycles. The van der Waals surface area contributed by atoms with Crippen molar-refractivity contribution in [2.45, 2.75) is 46.5 Å². The van der Waals surface area contributed by atoms with Crippen LogP contribution >= 0.6 is 11.6 Å². The van der Waals surface area contributed by atoms with Crippen LogP contribution in [0.2, 0.25) is 5.02 Å². The maximum Gasteiger partial charge on any atom is 0.345 e. The molecule has 0 fully saturated rings. The Labute approximate surface area is 223 Å². The normalized spacial score (nSPS) is 11.8. The van der Waals surface area contributed by atoms with Gasteiger partial charge in [-0.1, -0.05) is 82.6 Å². The number of esters is 1. The first-order valence-corrected chi connectivity index (χ1v) is 12.4. The van der Waals surface area contributed by atoms with E-state index in [9.17, 15) is 9.59 Å². The lowest BCUT2D eigenvalue weighted by atomic mass is 9.72. The van der Waals surface area contributed by atoms with Crippen LogP contribution in [0.3, 0.4) is 0 Å². The molecule has 1 N–H and O–H groups in total. The van der Waals surface area contributed by atoms with Crippen LogP contribution in [0.15, 0.2) is 77.9 Å². The molecule has 194 valence electrons. The Kier molecular flexibility index (Phi) is 9.11. The van der Waals surface area contributed by atoms with Crippen molar-refractivity contribution in [3.05, 3.63) is 94.5 Å². The summed E-state index contributed by atoms with van der Waals surface area (Å²) in [5, 5.41) is 4.28. The molecule has 0 saturated carbocycles. The first-order valence-electron chi connectivity index (χ1n) is 12.0. The maximum absolute atomic E-state index is 12.3. The third kappa shape index (κ3) is 8.76. The summed E-state index contributed by atoms with van der Waals surface area (Å²) in [6, 6.07) is 21.3. The van der Waals surface area contributed by atoms with Gasteiger partial charge in [0, 0.05) is 0 Å². The van der Waals surface area contributed by atoms with E-state index in [1.54, 1.807) is 48.5 Å². The van der Waals surface area contributed by atoms with Gasteiger partial charge in [-0.15, -0.1) is 0 Å². The molecule has 0 aromatic heterocycles. The van der Waals surface area contributed by atoms with Crippen molar-refractivity contribution in [1.29, 1.82) is 0 Å². The van der Waals surface area contributed by atoms with Crippen LogP contribution in [-0.4, -0.2) is 24.7 Å². The van der Waals surface area contributed by atoms with Gasteiger partial charge in [0.1, 0.15) is 11.5 Å². The van der Waals surface area contributed by atoms with E-state index in [-0.39, 0.29) is 23.0 Å². The largest absolute Gasteiger partial charge is 0.484 e. The van der Waals surface area contributed by atoms with Gasteiger partial charge in [0.2, 0.25) is 0 Å². The zero-order chi connectivity index (χ0) is 27.1. The van der Waals surface area contributed by atoms with E-state index in [2.05, 4.69) is 45.1 Å². The van der Waals surface area contributed by atoms with Crippen LogP contribution < -0.4 is 14.9 Å². The lowest BCUT2D eigenvalue weighted by Crippen LogP contribution is -2.25. The molecule has 0 spiro atoms. The van der Waals surface area contributed by atoms with Gasteiger partial charge in [0.15, 0.2) is 6.61 Å². The molecular formula is C30H33ClN2O4. The summed E-state index contributed by atoms with van der Waals surface area (Å²) in [6.45, 7) is 11.0. The van der Waals surface area contributed by atoms with Crippen molar-refractivity contribution >= 4 is 29.7 Å². The van der Waals surface area contributed by atoms with Gasteiger partial charge in [-0.2, -0.15) is 5.10 Å². The van der Waals surface area contributed by atoms with Gasteiger partial charge in [0.05, 0.1) is 16.8 Å². The molecule has 0 saturated heterocycles. The lowest BCUT2D eigenvalue weighted by Gasteiger charge is -2.33. The number of carbonyl (C=O) groups excluding carboxylic acids is 2. The van der Waals surface area contributed by atoms with Gasteiger partial charge in [-0.25, -0.2) is 10.2 Å². The summed E-state index contributed by atoms with van der Waals surface area (Å²) in [5.74, 6) is -0.00856. The molecule has 0 radical (unpaired) electrons. The number of rotatable bonds is 9. The van der Waals surface area contributed by atoms with Crippen molar-refractivity contribution in [2.75, 3.05) is 6.61 Å². The number of hydrogen-bond acceptors (Lipinski definition) is 5. The van der Waals surface area contributed by atoms with Gasteiger partial charge >= 0.3 is 5.97 Å². The number of halogens is 1. The zero-order valence-corrected chi connectivity index (χ0v) is 22.6.